The first-order valence-corrected chi connectivity index (χ1v) is 6.23. The van der Waals surface area contributed by atoms with Crippen LogP contribution >= 0.6 is 0 Å². The van der Waals surface area contributed by atoms with Crippen molar-refractivity contribution in [3.8, 4) is 0 Å². The highest BCUT2D eigenvalue weighted by Gasteiger charge is 2.07. The molecule has 0 aromatic heterocycles. The molecule has 1 aromatic carbocycles. The Morgan fingerprint density at radius 1 is 1.22 bits per heavy atom. The van der Waals surface area contributed by atoms with Crippen LogP contribution in [0.2, 0.25) is 0 Å². The normalized spacial score (nSPS) is 14.2. The van der Waals surface area contributed by atoms with Crippen LogP contribution in [0.3, 0.4) is 0 Å². The van der Waals surface area contributed by atoms with Gasteiger partial charge in [0.2, 0.25) is 0 Å². The third-order valence-corrected chi connectivity index (χ3v) is 2.88. The zero-order chi connectivity index (χ0) is 13.5. The number of nitrogens with two attached hydrogens (primary N) is 2. The van der Waals surface area contributed by atoms with Crippen LogP contribution in [0.25, 0.3) is 0 Å². The molecule has 0 amide bonds. The van der Waals surface area contributed by atoms with E-state index in [4.69, 9.17) is 11.5 Å². The minimum absolute atomic E-state index is 0.0882. The standard InChI is InChI=1S/C13H21N3O2/c1-10(14)3-2-4-12(15)9-11-5-7-13(8-6-11)16(17)18/h5-8,10,12H,2-4,9,14-15H2,1H3/t10-,12+/m0/s1. The van der Waals surface area contributed by atoms with Gasteiger partial charge < -0.3 is 11.5 Å². The average molecular weight is 251 g/mol. The number of rotatable bonds is 7. The van der Waals surface area contributed by atoms with Crippen molar-refractivity contribution in [1.82, 2.24) is 0 Å². The topological polar surface area (TPSA) is 95.2 Å². The predicted octanol–water partition coefficient (Wildman–Crippen LogP) is 1.98. The maximum absolute atomic E-state index is 10.5. The van der Waals surface area contributed by atoms with E-state index < -0.39 is 4.92 Å². The second-order valence-electron chi connectivity index (χ2n) is 4.80. The maximum Gasteiger partial charge on any atom is 0.269 e. The zero-order valence-corrected chi connectivity index (χ0v) is 10.7. The fourth-order valence-electron chi connectivity index (χ4n) is 1.86. The second kappa shape index (κ2) is 7.08. The van der Waals surface area contributed by atoms with Gasteiger partial charge in [0.05, 0.1) is 4.92 Å². The molecule has 1 rings (SSSR count). The van der Waals surface area contributed by atoms with Gasteiger partial charge in [-0.2, -0.15) is 0 Å². The van der Waals surface area contributed by atoms with Crippen LogP contribution in [-0.2, 0) is 6.42 Å². The number of nitro groups is 1. The van der Waals surface area contributed by atoms with E-state index in [0.717, 1.165) is 31.2 Å². The maximum atomic E-state index is 10.5. The monoisotopic (exact) mass is 251 g/mol. The molecule has 0 radical (unpaired) electrons. The quantitative estimate of drug-likeness (QED) is 0.572. The predicted molar refractivity (Wildman–Crippen MR) is 72.3 cm³/mol. The third-order valence-electron chi connectivity index (χ3n) is 2.88. The molecule has 0 bridgehead atoms. The molecule has 18 heavy (non-hydrogen) atoms. The van der Waals surface area contributed by atoms with Gasteiger partial charge in [0.25, 0.3) is 5.69 Å². The number of benzene rings is 1. The van der Waals surface area contributed by atoms with Gasteiger partial charge in [-0.25, -0.2) is 0 Å². The lowest BCUT2D eigenvalue weighted by Crippen LogP contribution is -2.24. The molecular formula is C13H21N3O2. The molecule has 0 spiro atoms. The fraction of sp³-hybridized carbons (Fsp3) is 0.538. The molecule has 0 aliphatic heterocycles. The Kier molecular flexibility index (Phi) is 5.74. The van der Waals surface area contributed by atoms with Crippen LogP contribution in [0.1, 0.15) is 31.7 Å². The first-order valence-electron chi connectivity index (χ1n) is 6.23. The van der Waals surface area contributed by atoms with Gasteiger partial charge in [-0.3, -0.25) is 10.1 Å². The molecule has 0 heterocycles. The third kappa shape index (κ3) is 5.25. The summed E-state index contributed by atoms with van der Waals surface area (Å²) in [7, 11) is 0. The fourth-order valence-corrected chi connectivity index (χ4v) is 1.86. The summed E-state index contributed by atoms with van der Waals surface area (Å²) in [5, 5.41) is 10.5. The summed E-state index contributed by atoms with van der Waals surface area (Å²) in [6.07, 6.45) is 3.68. The number of hydrogen-bond donors (Lipinski definition) is 2. The van der Waals surface area contributed by atoms with Gasteiger partial charge >= 0.3 is 0 Å². The van der Waals surface area contributed by atoms with Crippen molar-refractivity contribution in [1.29, 1.82) is 0 Å². The first kappa shape index (κ1) is 14.6. The summed E-state index contributed by atoms with van der Waals surface area (Å²) in [5.74, 6) is 0. The van der Waals surface area contributed by atoms with E-state index in [2.05, 4.69) is 0 Å². The van der Waals surface area contributed by atoms with Crippen LogP contribution < -0.4 is 11.5 Å². The van der Waals surface area contributed by atoms with Crippen LogP contribution in [0.15, 0.2) is 24.3 Å². The average Bonchev–Trinajstić information content (AvgIpc) is 2.29. The van der Waals surface area contributed by atoms with Gasteiger partial charge in [0.1, 0.15) is 0 Å². The SMILES string of the molecule is C[C@H](N)CCC[C@@H](N)Cc1ccc([N+](=O)[O-])cc1. The van der Waals surface area contributed by atoms with E-state index in [1.807, 2.05) is 6.92 Å². The Hall–Kier alpha value is -1.46. The largest absolute Gasteiger partial charge is 0.328 e. The molecule has 100 valence electrons. The lowest BCUT2D eigenvalue weighted by Gasteiger charge is -2.12. The van der Waals surface area contributed by atoms with Crippen LogP contribution in [0.4, 0.5) is 5.69 Å². The summed E-state index contributed by atoms with van der Waals surface area (Å²) in [4.78, 5) is 10.1. The van der Waals surface area contributed by atoms with E-state index in [1.54, 1.807) is 12.1 Å². The molecule has 0 aliphatic rings. The Bertz CT molecular complexity index is 376. The molecule has 0 fully saturated rings. The highest BCUT2D eigenvalue weighted by atomic mass is 16.6. The molecule has 1 aromatic rings. The molecule has 5 heteroatoms. The Morgan fingerprint density at radius 3 is 2.33 bits per heavy atom. The second-order valence-corrected chi connectivity index (χ2v) is 4.80. The number of non-ortho nitro benzene ring substituents is 1. The van der Waals surface area contributed by atoms with Crippen molar-refractivity contribution < 1.29 is 4.92 Å². The van der Waals surface area contributed by atoms with Gasteiger partial charge in [0.15, 0.2) is 0 Å². The van der Waals surface area contributed by atoms with Gasteiger partial charge in [0, 0.05) is 24.2 Å². The molecule has 0 unspecified atom stereocenters. The molecule has 0 saturated heterocycles. The first-order chi connectivity index (χ1) is 8.49. The van der Waals surface area contributed by atoms with E-state index in [-0.39, 0.29) is 17.8 Å². The highest BCUT2D eigenvalue weighted by Crippen LogP contribution is 2.14. The van der Waals surface area contributed by atoms with Crippen molar-refractivity contribution in [3.63, 3.8) is 0 Å². The summed E-state index contributed by atoms with van der Waals surface area (Å²) in [6, 6.07) is 6.88. The molecule has 2 atom stereocenters. The minimum atomic E-state index is -0.396. The van der Waals surface area contributed by atoms with E-state index in [9.17, 15) is 10.1 Å². The molecular weight excluding hydrogens is 230 g/mol. The summed E-state index contributed by atoms with van der Waals surface area (Å²) < 4.78 is 0. The van der Waals surface area contributed by atoms with Crippen molar-refractivity contribution >= 4 is 5.69 Å². The van der Waals surface area contributed by atoms with Gasteiger partial charge in [-0.15, -0.1) is 0 Å². The Morgan fingerprint density at radius 2 is 1.83 bits per heavy atom. The molecule has 0 saturated carbocycles. The highest BCUT2D eigenvalue weighted by molar-refractivity contribution is 5.33. The van der Waals surface area contributed by atoms with Crippen molar-refractivity contribution in [2.45, 2.75) is 44.7 Å². The van der Waals surface area contributed by atoms with Crippen molar-refractivity contribution in [2.24, 2.45) is 11.5 Å². The lowest BCUT2D eigenvalue weighted by atomic mass is 10.0. The number of nitro benzene ring substituents is 1. The van der Waals surface area contributed by atoms with Gasteiger partial charge in [-0.1, -0.05) is 18.6 Å². The van der Waals surface area contributed by atoms with E-state index in [0.29, 0.717) is 0 Å². The summed E-state index contributed by atoms with van der Waals surface area (Å²) in [6.45, 7) is 1.99. The lowest BCUT2D eigenvalue weighted by molar-refractivity contribution is -0.384. The number of hydrogen-bond acceptors (Lipinski definition) is 4. The summed E-state index contributed by atoms with van der Waals surface area (Å²) in [5.41, 5.74) is 12.8. The van der Waals surface area contributed by atoms with Crippen LogP contribution in [0.5, 0.6) is 0 Å². The molecule has 4 N–H and O–H groups in total. The van der Waals surface area contributed by atoms with E-state index >= 15 is 0 Å². The zero-order valence-electron chi connectivity index (χ0n) is 10.7. The Balaban J connectivity index is 2.39. The van der Waals surface area contributed by atoms with Crippen LogP contribution in [-0.4, -0.2) is 17.0 Å². The molecule has 0 aliphatic carbocycles. The van der Waals surface area contributed by atoms with Crippen molar-refractivity contribution in [3.05, 3.63) is 39.9 Å². The summed E-state index contributed by atoms with van der Waals surface area (Å²) >= 11 is 0. The minimum Gasteiger partial charge on any atom is -0.328 e. The van der Waals surface area contributed by atoms with Crippen LogP contribution in [0, 0.1) is 10.1 Å². The Labute approximate surface area is 107 Å². The van der Waals surface area contributed by atoms with E-state index in [1.165, 1.54) is 12.1 Å². The smallest absolute Gasteiger partial charge is 0.269 e. The van der Waals surface area contributed by atoms with Crippen molar-refractivity contribution in [2.75, 3.05) is 0 Å². The van der Waals surface area contributed by atoms with Gasteiger partial charge in [-0.05, 0) is 31.7 Å². The molecule has 5 nitrogen and oxygen atoms in total. The number of nitrogens with zero attached hydrogens (tertiary/aromatic N) is 1.